The van der Waals surface area contributed by atoms with Crippen LogP contribution in [0.5, 0.6) is 5.75 Å². The lowest BCUT2D eigenvalue weighted by Gasteiger charge is -2.27. The Morgan fingerprint density at radius 3 is 2.02 bits per heavy atom. The van der Waals surface area contributed by atoms with Crippen LogP contribution in [0.2, 0.25) is 0 Å². The maximum absolute atomic E-state index is 13.0. The van der Waals surface area contributed by atoms with Crippen molar-refractivity contribution in [3.05, 3.63) is 29.3 Å². The number of amides is 4. The minimum Gasteiger partial charge on any atom is -0.490 e. The first kappa shape index (κ1) is 32.1. The summed E-state index contributed by atoms with van der Waals surface area (Å²) >= 11 is 0. The van der Waals surface area contributed by atoms with Gasteiger partial charge in [-0.15, -0.1) is 0 Å². The van der Waals surface area contributed by atoms with E-state index >= 15 is 0 Å². The Bertz CT molecular complexity index is 1100. The minimum atomic E-state index is -1.04. The molecule has 0 aliphatic carbocycles. The van der Waals surface area contributed by atoms with E-state index in [-0.39, 0.29) is 61.9 Å². The van der Waals surface area contributed by atoms with Gasteiger partial charge in [0, 0.05) is 6.42 Å². The lowest BCUT2D eigenvalue weighted by molar-refractivity contribution is -0.156. The zero-order valence-electron chi connectivity index (χ0n) is 23.7. The molecular weight excluding hydrogens is 540 g/mol. The van der Waals surface area contributed by atoms with E-state index < -0.39 is 35.3 Å². The average molecular weight is 579 g/mol. The molecule has 41 heavy (non-hydrogen) atoms. The topological polar surface area (TPSA) is 156 Å². The van der Waals surface area contributed by atoms with Crippen LogP contribution in [0.4, 0.5) is 0 Å². The molecule has 1 N–H and O–H groups in total. The van der Waals surface area contributed by atoms with Gasteiger partial charge < -0.3 is 28.4 Å². The summed E-state index contributed by atoms with van der Waals surface area (Å²) in [4.78, 5) is 62.1. The van der Waals surface area contributed by atoms with Gasteiger partial charge in [-0.05, 0) is 39.3 Å². The zero-order chi connectivity index (χ0) is 29.8. The quantitative estimate of drug-likeness (QED) is 0.161. The maximum atomic E-state index is 13.0. The van der Waals surface area contributed by atoms with Crippen molar-refractivity contribution >= 4 is 29.6 Å². The van der Waals surface area contributed by atoms with Crippen molar-refractivity contribution in [1.29, 1.82) is 0 Å². The van der Waals surface area contributed by atoms with Gasteiger partial charge in [-0.3, -0.25) is 34.2 Å². The molecule has 0 aromatic heterocycles. The summed E-state index contributed by atoms with van der Waals surface area (Å²) in [6.45, 7) is 8.28. The van der Waals surface area contributed by atoms with E-state index in [1.807, 2.05) is 20.8 Å². The van der Waals surface area contributed by atoms with Crippen molar-refractivity contribution in [2.24, 2.45) is 0 Å². The number of hydrogen-bond acceptors (Lipinski definition) is 11. The van der Waals surface area contributed by atoms with Gasteiger partial charge in [0.1, 0.15) is 24.0 Å². The number of carbonyl (C=O) groups is 5. The standard InChI is InChI=1S/C28H38N2O11/c1-28(2,3)41-23(32)9-10-36-11-12-37-13-14-38-15-16-39-17-18-40-21-6-4-5-19-24(21)27(35)30(26(19)34)20-7-8-22(31)29-25(20)33/h4-6,20H,7-18H2,1-3H3,(H,29,31,33). The van der Waals surface area contributed by atoms with Crippen LogP contribution in [0.15, 0.2) is 18.2 Å². The number of carbonyl (C=O) groups excluding carboxylic acids is 5. The number of nitrogens with zero attached hydrogens (tertiary/aromatic N) is 1. The lowest BCUT2D eigenvalue weighted by atomic mass is 10.0. The number of piperidine rings is 1. The Morgan fingerprint density at radius 1 is 0.854 bits per heavy atom. The number of imide groups is 2. The number of rotatable bonds is 17. The summed E-state index contributed by atoms with van der Waals surface area (Å²) in [5.74, 6) is -2.38. The number of esters is 1. The molecular formula is C28H38N2O11. The Balaban J connectivity index is 1.23. The molecule has 0 radical (unpaired) electrons. The highest BCUT2D eigenvalue weighted by atomic mass is 16.6. The van der Waals surface area contributed by atoms with Gasteiger partial charge in [0.15, 0.2) is 0 Å². The minimum absolute atomic E-state index is 0.0505. The van der Waals surface area contributed by atoms with Crippen LogP contribution in [0.3, 0.4) is 0 Å². The van der Waals surface area contributed by atoms with Gasteiger partial charge in [-0.1, -0.05) is 6.07 Å². The second-order valence-electron chi connectivity index (χ2n) is 10.3. The molecule has 2 aliphatic heterocycles. The highest BCUT2D eigenvalue weighted by Crippen LogP contribution is 2.33. The Labute approximate surface area is 238 Å². The third-order valence-corrected chi connectivity index (χ3v) is 5.90. The van der Waals surface area contributed by atoms with E-state index in [1.54, 1.807) is 12.1 Å². The van der Waals surface area contributed by atoms with Crippen LogP contribution in [-0.2, 0) is 38.1 Å². The molecule has 1 fully saturated rings. The molecule has 2 heterocycles. The Morgan fingerprint density at radius 2 is 1.44 bits per heavy atom. The van der Waals surface area contributed by atoms with Gasteiger partial charge in [0.25, 0.3) is 11.8 Å². The summed E-state index contributed by atoms with van der Waals surface area (Å²) in [5, 5.41) is 2.17. The average Bonchev–Trinajstić information content (AvgIpc) is 3.15. The molecule has 1 aromatic carbocycles. The summed E-state index contributed by atoms with van der Waals surface area (Å²) < 4.78 is 32.6. The molecule has 0 spiro atoms. The first-order chi connectivity index (χ1) is 19.6. The van der Waals surface area contributed by atoms with E-state index in [0.717, 1.165) is 4.90 Å². The van der Waals surface area contributed by atoms with Gasteiger partial charge in [-0.2, -0.15) is 0 Å². The van der Waals surface area contributed by atoms with Crippen LogP contribution < -0.4 is 10.1 Å². The normalized spacial score (nSPS) is 17.0. The van der Waals surface area contributed by atoms with Gasteiger partial charge in [0.2, 0.25) is 11.8 Å². The summed E-state index contributed by atoms with van der Waals surface area (Å²) in [5.41, 5.74) is -0.253. The van der Waals surface area contributed by atoms with Crippen molar-refractivity contribution in [1.82, 2.24) is 10.2 Å². The van der Waals surface area contributed by atoms with E-state index in [0.29, 0.717) is 39.6 Å². The van der Waals surface area contributed by atoms with E-state index in [2.05, 4.69) is 5.32 Å². The second-order valence-corrected chi connectivity index (χ2v) is 10.3. The molecule has 4 amide bonds. The van der Waals surface area contributed by atoms with Gasteiger partial charge in [-0.25, -0.2) is 0 Å². The molecule has 0 saturated carbocycles. The van der Waals surface area contributed by atoms with Gasteiger partial charge in [0.05, 0.1) is 70.4 Å². The summed E-state index contributed by atoms with van der Waals surface area (Å²) in [6, 6.07) is 3.64. The monoisotopic (exact) mass is 578 g/mol. The van der Waals surface area contributed by atoms with Crippen LogP contribution >= 0.6 is 0 Å². The number of hydrogen-bond donors (Lipinski definition) is 1. The highest BCUT2D eigenvalue weighted by molar-refractivity contribution is 6.24. The molecule has 13 nitrogen and oxygen atoms in total. The third kappa shape index (κ3) is 9.88. The van der Waals surface area contributed by atoms with Crippen molar-refractivity contribution < 1.29 is 52.4 Å². The van der Waals surface area contributed by atoms with E-state index in [4.69, 9.17) is 28.4 Å². The first-order valence-corrected chi connectivity index (χ1v) is 13.6. The maximum Gasteiger partial charge on any atom is 0.308 e. The molecule has 226 valence electrons. The predicted molar refractivity (Wildman–Crippen MR) is 142 cm³/mol. The Hall–Kier alpha value is -3.39. The smallest absolute Gasteiger partial charge is 0.308 e. The number of fused-ring (bicyclic) bond motifs is 1. The summed E-state index contributed by atoms with van der Waals surface area (Å²) in [7, 11) is 0. The van der Waals surface area contributed by atoms with Crippen molar-refractivity contribution in [2.75, 3.05) is 59.5 Å². The molecule has 13 heteroatoms. The molecule has 1 saturated heterocycles. The van der Waals surface area contributed by atoms with Crippen LogP contribution in [0.1, 0.15) is 60.7 Å². The summed E-state index contributed by atoms with van der Waals surface area (Å²) in [6.07, 6.45) is 0.328. The van der Waals surface area contributed by atoms with Crippen LogP contribution in [-0.4, -0.2) is 106 Å². The SMILES string of the molecule is CC(C)(C)OC(=O)CCOCCOCCOCCOCCOc1cccc2c1C(=O)N(C1CCC(=O)NC1=O)C2=O. The third-order valence-electron chi connectivity index (χ3n) is 5.90. The number of ether oxygens (including phenoxy) is 6. The number of nitrogens with one attached hydrogen (secondary N) is 1. The second kappa shape index (κ2) is 15.6. The fourth-order valence-corrected chi connectivity index (χ4v) is 4.12. The van der Waals surface area contributed by atoms with Crippen LogP contribution in [0.25, 0.3) is 0 Å². The molecule has 1 aromatic rings. The lowest BCUT2D eigenvalue weighted by Crippen LogP contribution is -2.54. The highest BCUT2D eigenvalue weighted by Gasteiger charge is 2.46. The molecule has 1 atom stereocenters. The Kier molecular flexibility index (Phi) is 12.2. The first-order valence-electron chi connectivity index (χ1n) is 13.6. The molecule has 2 aliphatic rings. The largest absolute Gasteiger partial charge is 0.490 e. The fourth-order valence-electron chi connectivity index (χ4n) is 4.12. The molecule has 3 rings (SSSR count). The van der Waals surface area contributed by atoms with Crippen LogP contribution in [0, 0.1) is 0 Å². The van der Waals surface area contributed by atoms with Crippen molar-refractivity contribution in [3.63, 3.8) is 0 Å². The van der Waals surface area contributed by atoms with E-state index in [9.17, 15) is 24.0 Å². The number of benzene rings is 1. The predicted octanol–water partition coefficient (Wildman–Crippen LogP) is 1.26. The zero-order valence-corrected chi connectivity index (χ0v) is 23.7. The van der Waals surface area contributed by atoms with Crippen molar-refractivity contribution in [2.45, 2.75) is 51.7 Å². The van der Waals surface area contributed by atoms with Gasteiger partial charge >= 0.3 is 5.97 Å². The molecule has 1 unspecified atom stereocenters. The van der Waals surface area contributed by atoms with E-state index in [1.165, 1.54) is 6.07 Å². The van der Waals surface area contributed by atoms with Crippen molar-refractivity contribution in [3.8, 4) is 5.75 Å². The molecule has 0 bridgehead atoms. The fraction of sp³-hybridized carbons (Fsp3) is 0.607.